The van der Waals surface area contributed by atoms with Gasteiger partial charge in [0.25, 0.3) is 5.91 Å². The van der Waals surface area contributed by atoms with E-state index in [0.717, 1.165) is 62.4 Å². The molecule has 2 saturated heterocycles. The summed E-state index contributed by atoms with van der Waals surface area (Å²) in [5.41, 5.74) is 4.08. The van der Waals surface area contributed by atoms with Crippen molar-refractivity contribution in [1.82, 2.24) is 19.6 Å². The fourth-order valence-electron chi connectivity index (χ4n) is 6.64. The average molecular weight is 597 g/mol. The fourth-order valence-corrected chi connectivity index (χ4v) is 6.64. The van der Waals surface area contributed by atoms with Crippen molar-refractivity contribution in [2.75, 3.05) is 45.8 Å². The molecule has 2 aliphatic heterocycles. The SMILES string of the molecule is C=CCN1C[C@H](C)N([C@@H](c2cccc(O)c2)c2cccc(C(=O)N3CCCN(Cc4ccc(C(=O)O)cc4)CC3)c2)C[C@H]1C. The predicted octanol–water partition coefficient (Wildman–Crippen LogP) is 5.11. The molecular formula is C36H44N4O4. The molecule has 0 radical (unpaired) electrons. The van der Waals surface area contributed by atoms with Gasteiger partial charge in [0.2, 0.25) is 0 Å². The monoisotopic (exact) mass is 596 g/mol. The molecule has 0 aliphatic carbocycles. The Balaban J connectivity index is 1.33. The Labute approximate surface area is 260 Å². The molecule has 5 rings (SSSR count). The summed E-state index contributed by atoms with van der Waals surface area (Å²) in [6.45, 7) is 14.7. The van der Waals surface area contributed by atoms with Gasteiger partial charge in [-0.05, 0) is 73.4 Å². The summed E-state index contributed by atoms with van der Waals surface area (Å²) in [5.74, 6) is -0.656. The second-order valence-corrected chi connectivity index (χ2v) is 12.2. The highest BCUT2D eigenvalue weighted by Crippen LogP contribution is 2.35. The van der Waals surface area contributed by atoms with Gasteiger partial charge in [-0.1, -0.05) is 42.5 Å². The molecule has 8 heteroatoms. The molecule has 0 spiro atoms. The molecule has 2 aliphatic rings. The van der Waals surface area contributed by atoms with Crippen LogP contribution < -0.4 is 0 Å². The third-order valence-electron chi connectivity index (χ3n) is 8.98. The third-order valence-corrected chi connectivity index (χ3v) is 8.98. The largest absolute Gasteiger partial charge is 0.508 e. The highest BCUT2D eigenvalue weighted by atomic mass is 16.4. The maximum absolute atomic E-state index is 13.9. The molecule has 232 valence electrons. The zero-order valence-corrected chi connectivity index (χ0v) is 25.8. The highest BCUT2D eigenvalue weighted by Gasteiger charge is 2.35. The predicted molar refractivity (Wildman–Crippen MR) is 173 cm³/mol. The quantitative estimate of drug-likeness (QED) is 0.332. The van der Waals surface area contributed by atoms with E-state index in [4.69, 9.17) is 0 Å². The van der Waals surface area contributed by atoms with E-state index in [-0.39, 0.29) is 29.3 Å². The molecule has 2 N–H and O–H groups in total. The number of amides is 1. The molecular weight excluding hydrogens is 552 g/mol. The number of hydrogen-bond acceptors (Lipinski definition) is 6. The van der Waals surface area contributed by atoms with Crippen LogP contribution in [-0.2, 0) is 6.54 Å². The smallest absolute Gasteiger partial charge is 0.335 e. The van der Waals surface area contributed by atoms with E-state index in [1.165, 1.54) is 0 Å². The minimum atomic E-state index is -0.923. The number of carbonyl (C=O) groups is 2. The van der Waals surface area contributed by atoms with Gasteiger partial charge in [-0.25, -0.2) is 4.79 Å². The Bertz CT molecular complexity index is 1460. The molecule has 2 heterocycles. The Morgan fingerprint density at radius 1 is 0.886 bits per heavy atom. The number of carboxylic acids is 1. The molecule has 8 nitrogen and oxygen atoms in total. The number of aromatic carboxylic acids is 1. The van der Waals surface area contributed by atoms with E-state index in [1.54, 1.807) is 18.2 Å². The van der Waals surface area contributed by atoms with E-state index in [1.807, 2.05) is 53.4 Å². The van der Waals surface area contributed by atoms with Gasteiger partial charge in [-0.15, -0.1) is 6.58 Å². The maximum atomic E-state index is 13.9. The number of carboxylic acid groups (broad SMARTS) is 1. The van der Waals surface area contributed by atoms with E-state index in [2.05, 4.69) is 47.3 Å². The summed E-state index contributed by atoms with van der Waals surface area (Å²) in [6, 6.07) is 23.0. The van der Waals surface area contributed by atoms with Crippen molar-refractivity contribution in [2.45, 2.75) is 44.9 Å². The first-order valence-corrected chi connectivity index (χ1v) is 15.6. The summed E-state index contributed by atoms with van der Waals surface area (Å²) in [5, 5.41) is 19.6. The van der Waals surface area contributed by atoms with Gasteiger partial charge in [0, 0.05) is 70.0 Å². The molecule has 2 fully saturated rings. The van der Waals surface area contributed by atoms with Crippen molar-refractivity contribution >= 4 is 11.9 Å². The molecule has 3 atom stereocenters. The number of phenols is 1. The number of hydrogen-bond donors (Lipinski definition) is 2. The maximum Gasteiger partial charge on any atom is 0.335 e. The van der Waals surface area contributed by atoms with Crippen LogP contribution in [0, 0.1) is 0 Å². The lowest BCUT2D eigenvalue weighted by atomic mass is 9.92. The number of aromatic hydroxyl groups is 1. The van der Waals surface area contributed by atoms with Crippen LogP contribution >= 0.6 is 0 Å². The lowest BCUT2D eigenvalue weighted by Gasteiger charge is -2.47. The number of phenolic OH excluding ortho intramolecular Hbond substituents is 1. The van der Waals surface area contributed by atoms with Crippen molar-refractivity contribution in [3.8, 4) is 5.75 Å². The van der Waals surface area contributed by atoms with Crippen LogP contribution in [0.2, 0.25) is 0 Å². The molecule has 1 amide bonds. The molecule has 3 aromatic rings. The molecule has 0 aromatic heterocycles. The molecule has 0 bridgehead atoms. The van der Waals surface area contributed by atoms with Gasteiger partial charge in [0.05, 0.1) is 11.6 Å². The van der Waals surface area contributed by atoms with Crippen LogP contribution in [0.25, 0.3) is 0 Å². The van der Waals surface area contributed by atoms with Gasteiger partial charge in [0.1, 0.15) is 5.75 Å². The summed E-state index contributed by atoms with van der Waals surface area (Å²) in [6.07, 6.45) is 2.83. The highest BCUT2D eigenvalue weighted by molar-refractivity contribution is 5.94. The summed E-state index contributed by atoms with van der Waals surface area (Å²) in [7, 11) is 0. The van der Waals surface area contributed by atoms with Crippen LogP contribution in [0.3, 0.4) is 0 Å². The Hall–Kier alpha value is -3.98. The number of rotatable bonds is 9. The van der Waals surface area contributed by atoms with E-state index >= 15 is 0 Å². The lowest BCUT2D eigenvalue weighted by Crippen LogP contribution is -2.57. The zero-order chi connectivity index (χ0) is 31.2. The summed E-state index contributed by atoms with van der Waals surface area (Å²) >= 11 is 0. The van der Waals surface area contributed by atoms with E-state index in [0.29, 0.717) is 24.7 Å². The first-order chi connectivity index (χ1) is 21.2. The molecule has 3 aromatic carbocycles. The number of nitrogens with zero attached hydrogens (tertiary/aromatic N) is 4. The van der Waals surface area contributed by atoms with E-state index in [9.17, 15) is 19.8 Å². The van der Waals surface area contributed by atoms with Crippen LogP contribution in [0.1, 0.15) is 63.7 Å². The van der Waals surface area contributed by atoms with Crippen molar-refractivity contribution in [3.05, 3.63) is 113 Å². The standard InChI is InChI=1S/C36H44N4O4/c1-4-16-39-23-27(3)40(24-26(39)2)34(31-9-6-11-33(41)22-31)30-8-5-10-32(21-30)35(42)38-18-7-17-37(19-20-38)25-28-12-14-29(15-13-28)36(43)44/h4-6,8-15,21-22,26-27,34,41H,1,7,16-20,23-25H2,2-3H3,(H,43,44)/t26-,27+,34-/m1/s1. The van der Waals surface area contributed by atoms with E-state index < -0.39 is 5.97 Å². The second kappa shape index (κ2) is 14.2. The zero-order valence-electron chi connectivity index (χ0n) is 25.8. The van der Waals surface area contributed by atoms with Crippen LogP contribution in [0.15, 0.2) is 85.5 Å². The van der Waals surface area contributed by atoms with Crippen LogP contribution in [0.5, 0.6) is 5.75 Å². The Morgan fingerprint density at radius 3 is 2.32 bits per heavy atom. The first kappa shape index (κ1) is 31.4. The minimum absolute atomic E-state index is 0.0337. The average Bonchev–Trinajstić information content (AvgIpc) is 3.25. The normalized spacial score (nSPS) is 21.0. The van der Waals surface area contributed by atoms with Gasteiger partial charge >= 0.3 is 5.97 Å². The van der Waals surface area contributed by atoms with Crippen LogP contribution in [-0.4, -0.2) is 99.6 Å². The number of piperazine rings is 1. The van der Waals surface area contributed by atoms with Crippen molar-refractivity contribution < 1.29 is 19.8 Å². The lowest BCUT2D eigenvalue weighted by molar-refractivity contribution is 0.0306. The number of benzene rings is 3. The topological polar surface area (TPSA) is 87.6 Å². The van der Waals surface area contributed by atoms with Crippen molar-refractivity contribution in [3.63, 3.8) is 0 Å². The Morgan fingerprint density at radius 2 is 1.61 bits per heavy atom. The van der Waals surface area contributed by atoms with Gasteiger partial charge in [-0.2, -0.15) is 0 Å². The van der Waals surface area contributed by atoms with Gasteiger partial charge in [-0.3, -0.25) is 19.5 Å². The molecule has 0 unspecified atom stereocenters. The van der Waals surface area contributed by atoms with Crippen molar-refractivity contribution in [2.24, 2.45) is 0 Å². The third kappa shape index (κ3) is 7.38. The fraction of sp³-hybridized carbons (Fsp3) is 0.389. The number of carbonyl (C=O) groups excluding carboxylic acids is 1. The molecule has 0 saturated carbocycles. The summed E-state index contributed by atoms with van der Waals surface area (Å²) in [4.78, 5) is 34.3. The minimum Gasteiger partial charge on any atom is -0.508 e. The molecule has 44 heavy (non-hydrogen) atoms. The second-order valence-electron chi connectivity index (χ2n) is 12.2. The van der Waals surface area contributed by atoms with Crippen LogP contribution in [0.4, 0.5) is 0 Å². The van der Waals surface area contributed by atoms with Gasteiger partial charge in [0.15, 0.2) is 0 Å². The van der Waals surface area contributed by atoms with Gasteiger partial charge < -0.3 is 15.1 Å². The first-order valence-electron chi connectivity index (χ1n) is 15.6. The van der Waals surface area contributed by atoms with Crippen molar-refractivity contribution in [1.29, 1.82) is 0 Å². The summed E-state index contributed by atoms with van der Waals surface area (Å²) < 4.78 is 0. The Kier molecular flexibility index (Phi) is 10.1.